The molecule has 1 atom stereocenters. The zero-order valence-corrected chi connectivity index (χ0v) is 14.5. The van der Waals surface area contributed by atoms with Gasteiger partial charge >= 0.3 is 7.52 Å². The second-order valence-electron chi connectivity index (χ2n) is 4.53. The van der Waals surface area contributed by atoms with Crippen molar-refractivity contribution in [2.24, 2.45) is 0 Å². The van der Waals surface area contributed by atoms with Gasteiger partial charge in [-0.15, -0.1) is 0 Å². The van der Waals surface area contributed by atoms with E-state index in [1.807, 2.05) is 48.5 Å². The van der Waals surface area contributed by atoms with Gasteiger partial charge in [0.2, 0.25) is 0 Å². The highest BCUT2D eigenvalue weighted by Crippen LogP contribution is 2.44. The first-order valence-corrected chi connectivity index (χ1v) is 9.54. The van der Waals surface area contributed by atoms with Gasteiger partial charge in [-0.3, -0.25) is 4.57 Å². The van der Waals surface area contributed by atoms with Crippen molar-refractivity contribution < 1.29 is 9.09 Å². The molecule has 0 fully saturated rings. The van der Waals surface area contributed by atoms with Crippen LogP contribution in [0.25, 0.3) is 0 Å². The van der Waals surface area contributed by atoms with Crippen LogP contribution in [0, 0.1) is 3.57 Å². The second kappa shape index (κ2) is 6.64. The van der Waals surface area contributed by atoms with Crippen LogP contribution in [0.5, 0.6) is 5.75 Å². The molecule has 0 aliphatic heterocycles. The van der Waals surface area contributed by atoms with Gasteiger partial charge in [-0.2, -0.15) is 0 Å². The van der Waals surface area contributed by atoms with Crippen LogP contribution in [0.15, 0.2) is 48.5 Å². The van der Waals surface area contributed by atoms with E-state index >= 15 is 0 Å². The summed E-state index contributed by atoms with van der Waals surface area (Å²) in [4.78, 5) is 0. The van der Waals surface area contributed by atoms with Crippen LogP contribution in [-0.2, 0) is 11.0 Å². The van der Waals surface area contributed by atoms with Crippen molar-refractivity contribution in [2.75, 3.05) is 11.8 Å². The first kappa shape index (κ1) is 15.4. The molecule has 0 bridgehead atoms. The van der Waals surface area contributed by atoms with E-state index in [9.17, 15) is 4.57 Å². The molecule has 2 aromatic carbocycles. The molecule has 5 heteroatoms. The molecule has 0 aliphatic rings. The van der Waals surface area contributed by atoms with Gasteiger partial charge in [0, 0.05) is 10.2 Å². The van der Waals surface area contributed by atoms with E-state index < -0.39 is 7.52 Å². The second-order valence-corrected chi connectivity index (χ2v) is 7.79. The number of aryl methyl sites for hydroxylation is 1. The van der Waals surface area contributed by atoms with Crippen LogP contribution < -0.4 is 9.61 Å². The molecule has 106 valence electrons. The maximum absolute atomic E-state index is 12.5. The largest absolute Gasteiger partial charge is 0.429 e. The summed E-state index contributed by atoms with van der Waals surface area (Å²) in [5.41, 5.74) is 2.05. The van der Waals surface area contributed by atoms with Crippen molar-refractivity contribution in [3.8, 4) is 5.75 Å². The minimum atomic E-state index is -2.94. The Morgan fingerprint density at radius 3 is 2.40 bits per heavy atom. The highest BCUT2D eigenvalue weighted by Gasteiger charge is 2.18. The van der Waals surface area contributed by atoms with Crippen molar-refractivity contribution in [1.29, 1.82) is 0 Å². The number of hydrogen-bond donors (Lipinski definition) is 1. The molecule has 0 aliphatic carbocycles. The van der Waals surface area contributed by atoms with E-state index in [2.05, 4.69) is 34.6 Å². The number of nitrogens with one attached hydrogen (secondary N) is 1. The van der Waals surface area contributed by atoms with Crippen LogP contribution >= 0.6 is 30.1 Å². The molecule has 2 aromatic rings. The SMILES string of the molecule is CCc1ccc(OP(C)(=O)Nc2ccccc2I)cc1. The van der Waals surface area contributed by atoms with Crippen LogP contribution in [0.3, 0.4) is 0 Å². The highest BCUT2D eigenvalue weighted by molar-refractivity contribution is 14.1. The number of para-hydroxylation sites is 1. The molecule has 1 unspecified atom stereocenters. The average molecular weight is 401 g/mol. The summed E-state index contributed by atoms with van der Waals surface area (Å²) in [5, 5.41) is 2.99. The smallest absolute Gasteiger partial charge is 0.338 e. The first-order valence-electron chi connectivity index (χ1n) is 6.39. The fourth-order valence-electron chi connectivity index (χ4n) is 1.78. The van der Waals surface area contributed by atoms with E-state index in [-0.39, 0.29) is 0 Å². The summed E-state index contributed by atoms with van der Waals surface area (Å²) in [5.74, 6) is 0.617. The van der Waals surface area contributed by atoms with Crippen molar-refractivity contribution in [3.05, 3.63) is 57.7 Å². The maximum Gasteiger partial charge on any atom is 0.338 e. The van der Waals surface area contributed by atoms with Crippen LogP contribution in [0.1, 0.15) is 12.5 Å². The summed E-state index contributed by atoms with van der Waals surface area (Å²) < 4.78 is 19.1. The molecular formula is C15H17INO2P. The predicted molar refractivity (Wildman–Crippen MR) is 92.8 cm³/mol. The normalized spacial score (nSPS) is 13.6. The van der Waals surface area contributed by atoms with Crippen molar-refractivity contribution in [1.82, 2.24) is 0 Å². The Morgan fingerprint density at radius 1 is 1.15 bits per heavy atom. The number of anilines is 1. The molecule has 20 heavy (non-hydrogen) atoms. The summed E-state index contributed by atoms with van der Waals surface area (Å²) >= 11 is 2.20. The Kier molecular flexibility index (Phi) is 5.11. The van der Waals surface area contributed by atoms with E-state index in [4.69, 9.17) is 4.52 Å². The fourth-order valence-corrected chi connectivity index (χ4v) is 3.72. The molecule has 3 nitrogen and oxygen atoms in total. The molecule has 0 amide bonds. The van der Waals surface area contributed by atoms with Gasteiger partial charge in [0.25, 0.3) is 0 Å². The van der Waals surface area contributed by atoms with E-state index in [1.165, 1.54) is 5.56 Å². The van der Waals surface area contributed by atoms with Crippen LogP contribution in [0.4, 0.5) is 5.69 Å². The zero-order valence-electron chi connectivity index (χ0n) is 11.5. The molecule has 0 heterocycles. The fraction of sp³-hybridized carbons (Fsp3) is 0.200. The predicted octanol–water partition coefficient (Wildman–Crippen LogP) is 5.17. The van der Waals surface area contributed by atoms with E-state index in [0.29, 0.717) is 5.75 Å². The van der Waals surface area contributed by atoms with Gasteiger partial charge in [0.05, 0.1) is 5.69 Å². The minimum absolute atomic E-state index is 0.617. The van der Waals surface area contributed by atoms with Crippen LogP contribution in [0.2, 0.25) is 0 Å². The number of benzene rings is 2. The van der Waals surface area contributed by atoms with Gasteiger partial charge < -0.3 is 9.61 Å². The summed E-state index contributed by atoms with van der Waals surface area (Å²) in [7, 11) is -2.94. The number of halogens is 1. The monoisotopic (exact) mass is 401 g/mol. The molecule has 0 radical (unpaired) electrons. The maximum atomic E-state index is 12.5. The Labute approximate surface area is 133 Å². The number of hydrogen-bond acceptors (Lipinski definition) is 2. The molecule has 0 saturated carbocycles. The Bertz CT molecular complexity index is 628. The van der Waals surface area contributed by atoms with Crippen molar-refractivity contribution in [3.63, 3.8) is 0 Å². The molecule has 2 rings (SSSR count). The third-order valence-electron chi connectivity index (χ3n) is 2.81. The van der Waals surface area contributed by atoms with Crippen LogP contribution in [-0.4, -0.2) is 6.66 Å². The van der Waals surface area contributed by atoms with Gasteiger partial charge in [0.15, 0.2) is 0 Å². The first-order chi connectivity index (χ1) is 9.50. The minimum Gasteiger partial charge on any atom is -0.429 e. The third kappa shape index (κ3) is 4.25. The molecule has 0 spiro atoms. The molecule has 0 aromatic heterocycles. The topological polar surface area (TPSA) is 38.3 Å². The Morgan fingerprint density at radius 2 is 1.80 bits per heavy atom. The lowest BCUT2D eigenvalue weighted by atomic mass is 10.2. The van der Waals surface area contributed by atoms with E-state index in [1.54, 1.807) is 6.66 Å². The molecular weight excluding hydrogens is 384 g/mol. The van der Waals surface area contributed by atoms with Gasteiger partial charge in [-0.1, -0.05) is 31.2 Å². The Hall–Kier alpha value is -1.000. The van der Waals surface area contributed by atoms with E-state index in [0.717, 1.165) is 15.7 Å². The van der Waals surface area contributed by atoms with Gasteiger partial charge in [-0.05, 0) is 58.8 Å². The van der Waals surface area contributed by atoms with Gasteiger partial charge in [0.1, 0.15) is 5.75 Å². The van der Waals surface area contributed by atoms with Crippen molar-refractivity contribution in [2.45, 2.75) is 13.3 Å². The third-order valence-corrected chi connectivity index (χ3v) is 4.96. The van der Waals surface area contributed by atoms with Gasteiger partial charge in [-0.25, -0.2) is 0 Å². The Balaban J connectivity index is 2.10. The zero-order chi connectivity index (χ0) is 14.6. The molecule has 1 N–H and O–H groups in total. The summed E-state index contributed by atoms with van der Waals surface area (Å²) in [6, 6.07) is 15.4. The molecule has 0 saturated heterocycles. The quantitative estimate of drug-likeness (QED) is 0.555. The standard InChI is InChI=1S/C15H17INO2P/c1-3-12-8-10-13(11-9-12)19-20(2,18)17-15-7-5-4-6-14(15)16/h4-11H,3H2,1-2H3,(H,17,18). The lowest BCUT2D eigenvalue weighted by Gasteiger charge is -2.18. The lowest BCUT2D eigenvalue weighted by molar-refractivity contribution is 0.493. The highest BCUT2D eigenvalue weighted by atomic mass is 127. The summed E-state index contributed by atoms with van der Waals surface area (Å²) in [6.45, 7) is 3.68. The van der Waals surface area contributed by atoms with Crippen molar-refractivity contribution >= 4 is 35.8 Å². The lowest BCUT2D eigenvalue weighted by Crippen LogP contribution is -2.03. The summed E-state index contributed by atoms with van der Waals surface area (Å²) in [6.07, 6.45) is 0.977. The number of rotatable bonds is 5. The average Bonchev–Trinajstić information content (AvgIpc) is 2.41.